The summed E-state index contributed by atoms with van der Waals surface area (Å²) in [6, 6.07) is 12.9. The van der Waals surface area contributed by atoms with Gasteiger partial charge in [0.05, 0.1) is 19.6 Å². The number of anilines is 1. The molecule has 2 rings (SSSR count). The Bertz CT molecular complexity index is 779. The summed E-state index contributed by atoms with van der Waals surface area (Å²) in [5.41, 5.74) is 0.937. The summed E-state index contributed by atoms with van der Waals surface area (Å²) in [4.78, 5) is 27.5. The third-order valence-corrected chi connectivity index (χ3v) is 3.81. The Balaban J connectivity index is 1.75. The number of nitrogens with one attached hydrogen (secondary N) is 1. The molecule has 0 saturated carbocycles. The number of hydrogen-bond donors (Lipinski definition) is 1. The number of hydrogen-bond acceptors (Lipinski definition) is 7. The Morgan fingerprint density at radius 2 is 1.79 bits per heavy atom. The van der Waals surface area contributed by atoms with Gasteiger partial charge in [0.1, 0.15) is 23.9 Å². The molecule has 1 aromatic carbocycles. The first-order valence-electron chi connectivity index (χ1n) is 9.27. The van der Waals surface area contributed by atoms with E-state index in [0.29, 0.717) is 31.1 Å². The number of benzene rings is 1. The van der Waals surface area contributed by atoms with Gasteiger partial charge in [0.25, 0.3) is 0 Å². The number of pyridine rings is 1. The SMILES string of the molecule is CCOC(=O)CCC(=O)COc1cccc(OCCc2cccc(NC)n2)c1. The van der Waals surface area contributed by atoms with Crippen molar-refractivity contribution < 1.29 is 23.8 Å². The van der Waals surface area contributed by atoms with Crippen molar-refractivity contribution >= 4 is 17.6 Å². The van der Waals surface area contributed by atoms with Crippen LogP contribution in [0.15, 0.2) is 42.5 Å². The summed E-state index contributed by atoms with van der Waals surface area (Å²) in [5.74, 6) is 1.48. The zero-order valence-corrected chi connectivity index (χ0v) is 16.3. The Morgan fingerprint density at radius 1 is 1.04 bits per heavy atom. The van der Waals surface area contributed by atoms with Gasteiger partial charge in [0.2, 0.25) is 0 Å². The number of carbonyl (C=O) groups is 2. The van der Waals surface area contributed by atoms with Gasteiger partial charge in [-0.05, 0) is 31.2 Å². The number of esters is 1. The van der Waals surface area contributed by atoms with Gasteiger partial charge in [-0.1, -0.05) is 12.1 Å². The molecule has 1 N–H and O–H groups in total. The summed E-state index contributed by atoms with van der Waals surface area (Å²) in [6.45, 7) is 2.42. The summed E-state index contributed by atoms with van der Waals surface area (Å²) in [6.07, 6.45) is 0.850. The van der Waals surface area contributed by atoms with Crippen LogP contribution in [0.1, 0.15) is 25.5 Å². The molecular formula is C21H26N2O5. The Labute approximate surface area is 165 Å². The molecule has 1 aromatic heterocycles. The fourth-order valence-electron chi connectivity index (χ4n) is 2.40. The lowest BCUT2D eigenvalue weighted by Crippen LogP contribution is -2.14. The fourth-order valence-corrected chi connectivity index (χ4v) is 2.40. The molecule has 0 bridgehead atoms. The standard InChI is InChI=1S/C21H26N2O5/c1-3-26-21(25)11-10-17(24)15-28-19-8-5-7-18(14-19)27-13-12-16-6-4-9-20(22-2)23-16/h4-9,14H,3,10-13,15H2,1-2H3,(H,22,23). The molecule has 1 heterocycles. The average molecular weight is 386 g/mol. The van der Waals surface area contributed by atoms with Crippen molar-refractivity contribution in [3.63, 3.8) is 0 Å². The predicted molar refractivity (Wildman–Crippen MR) is 106 cm³/mol. The zero-order valence-electron chi connectivity index (χ0n) is 16.3. The number of carbonyl (C=O) groups excluding carboxylic acids is 2. The molecule has 0 atom stereocenters. The molecule has 0 aliphatic rings. The molecule has 0 amide bonds. The second kappa shape index (κ2) is 11.6. The van der Waals surface area contributed by atoms with E-state index >= 15 is 0 Å². The van der Waals surface area contributed by atoms with Crippen LogP contribution in [0.3, 0.4) is 0 Å². The van der Waals surface area contributed by atoms with Crippen LogP contribution in [0.5, 0.6) is 11.5 Å². The lowest BCUT2D eigenvalue weighted by atomic mass is 10.2. The molecule has 2 aromatic rings. The number of ketones is 1. The second-order valence-electron chi connectivity index (χ2n) is 5.97. The van der Waals surface area contributed by atoms with E-state index in [1.807, 2.05) is 31.3 Å². The number of rotatable bonds is 12. The lowest BCUT2D eigenvalue weighted by molar-refractivity contribution is -0.144. The largest absolute Gasteiger partial charge is 0.493 e. The third kappa shape index (κ3) is 7.65. The first-order valence-corrected chi connectivity index (χ1v) is 9.27. The van der Waals surface area contributed by atoms with E-state index in [1.54, 1.807) is 25.1 Å². The Hall–Kier alpha value is -3.09. The van der Waals surface area contributed by atoms with Crippen LogP contribution in [0, 0.1) is 0 Å². The summed E-state index contributed by atoms with van der Waals surface area (Å²) in [7, 11) is 1.83. The van der Waals surface area contributed by atoms with E-state index in [1.165, 1.54) is 0 Å². The highest BCUT2D eigenvalue weighted by Gasteiger charge is 2.09. The summed E-state index contributed by atoms with van der Waals surface area (Å²) in [5, 5.41) is 3.01. The average Bonchev–Trinajstić information content (AvgIpc) is 2.71. The van der Waals surface area contributed by atoms with Gasteiger partial charge >= 0.3 is 5.97 Å². The molecule has 0 fully saturated rings. The van der Waals surface area contributed by atoms with Crippen molar-refractivity contribution in [3.05, 3.63) is 48.2 Å². The maximum Gasteiger partial charge on any atom is 0.306 e. The summed E-state index contributed by atoms with van der Waals surface area (Å²) >= 11 is 0. The smallest absolute Gasteiger partial charge is 0.306 e. The van der Waals surface area contributed by atoms with E-state index in [0.717, 1.165) is 11.5 Å². The number of ether oxygens (including phenoxy) is 3. The maximum absolute atomic E-state index is 11.8. The minimum absolute atomic E-state index is 0.0714. The Morgan fingerprint density at radius 3 is 2.54 bits per heavy atom. The predicted octanol–water partition coefficient (Wildman–Crippen LogP) is 3.04. The van der Waals surface area contributed by atoms with Gasteiger partial charge in [-0.3, -0.25) is 9.59 Å². The molecule has 7 nitrogen and oxygen atoms in total. The maximum atomic E-state index is 11.8. The number of Topliss-reactive ketones (excluding diaryl/α,β-unsaturated/α-hetero) is 1. The highest BCUT2D eigenvalue weighted by atomic mass is 16.5. The van der Waals surface area contributed by atoms with Gasteiger partial charge in [-0.25, -0.2) is 4.98 Å². The quantitative estimate of drug-likeness (QED) is 0.561. The van der Waals surface area contributed by atoms with E-state index in [-0.39, 0.29) is 31.2 Å². The minimum atomic E-state index is -0.374. The molecule has 0 unspecified atom stereocenters. The van der Waals surface area contributed by atoms with Crippen molar-refractivity contribution in [3.8, 4) is 11.5 Å². The number of aromatic nitrogens is 1. The van der Waals surface area contributed by atoms with Gasteiger partial charge in [0, 0.05) is 31.6 Å². The van der Waals surface area contributed by atoms with Crippen molar-refractivity contribution in [2.45, 2.75) is 26.2 Å². The van der Waals surface area contributed by atoms with Gasteiger partial charge in [-0.2, -0.15) is 0 Å². The van der Waals surface area contributed by atoms with Crippen molar-refractivity contribution in [1.29, 1.82) is 0 Å². The second-order valence-corrected chi connectivity index (χ2v) is 5.97. The van der Waals surface area contributed by atoms with Crippen molar-refractivity contribution in [2.75, 3.05) is 32.2 Å². The molecule has 28 heavy (non-hydrogen) atoms. The van der Waals surface area contributed by atoms with Crippen LogP contribution in [-0.4, -0.2) is 43.6 Å². The molecule has 7 heteroatoms. The van der Waals surface area contributed by atoms with Crippen molar-refractivity contribution in [2.24, 2.45) is 0 Å². The van der Waals surface area contributed by atoms with E-state index in [9.17, 15) is 9.59 Å². The van der Waals surface area contributed by atoms with E-state index < -0.39 is 0 Å². The topological polar surface area (TPSA) is 86.8 Å². The van der Waals surface area contributed by atoms with Gasteiger partial charge < -0.3 is 19.5 Å². The molecule has 0 aliphatic heterocycles. The minimum Gasteiger partial charge on any atom is -0.493 e. The first-order chi connectivity index (χ1) is 13.6. The van der Waals surface area contributed by atoms with Crippen molar-refractivity contribution in [1.82, 2.24) is 4.98 Å². The molecular weight excluding hydrogens is 360 g/mol. The van der Waals surface area contributed by atoms with Crippen LogP contribution in [-0.2, 0) is 20.7 Å². The molecule has 0 saturated heterocycles. The molecule has 150 valence electrons. The van der Waals surface area contributed by atoms with E-state index in [4.69, 9.17) is 14.2 Å². The summed E-state index contributed by atoms with van der Waals surface area (Å²) < 4.78 is 16.0. The monoisotopic (exact) mass is 386 g/mol. The first kappa shape index (κ1) is 21.2. The van der Waals surface area contributed by atoms with E-state index in [2.05, 4.69) is 10.3 Å². The molecule has 0 spiro atoms. The normalized spacial score (nSPS) is 10.2. The van der Waals surface area contributed by atoms with Gasteiger partial charge in [-0.15, -0.1) is 0 Å². The van der Waals surface area contributed by atoms with Gasteiger partial charge in [0.15, 0.2) is 5.78 Å². The fraction of sp³-hybridized carbons (Fsp3) is 0.381. The molecule has 0 radical (unpaired) electrons. The van der Waals surface area contributed by atoms with Crippen LogP contribution in [0.2, 0.25) is 0 Å². The molecule has 0 aliphatic carbocycles. The van der Waals surface area contributed by atoms with Crippen LogP contribution < -0.4 is 14.8 Å². The number of nitrogens with zero attached hydrogens (tertiary/aromatic N) is 1. The third-order valence-electron chi connectivity index (χ3n) is 3.81. The Kier molecular flexibility index (Phi) is 8.78. The van der Waals surface area contributed by atoms with Crippen LogP contribution >= 0.6 is 0 Å². The highest BCUT2D eigenvalue weighted by molar-refractivity contribution is 5.84. The van der Waals surface area contributed by atoms with Crippen LogP contribution in [0.4, 0.5) is 5.82 Å². The lowest BCUT2D eigenvalue weighted by Gasteiger charge is -2.09. The highest BCUT2D eigenvalue weighted by Crippen LogP contribution is 2.20. The zero-order chi connectivity index (χ0) is 20.2. The van der Waals surface area contributed by atoms with Crippen LogP contribution in [0.25, 0.3) is 0 Å².